The molecule has 0 bridgehead atoms. The Hall–Kier alpha value is -1.45. The first-order valence-electron chi connectivity index (χ1n) is 5.92. The average Bonchev–Trinajstić information content (AvgIpc) is 2.21. The zero-order chi connectivity index (χ0) is 13.0. The Labute approximate surface area is 102 Å². The minimum atomic E-state index is -0.412. The van der Waals surface area contributed by atoms with Crippen molar-refractivity contribution in [2.45, 2.75) is 33.3 Å². The van der Waals surface area contributed by atoms with E-state index in [0.29, 0.717) is 5.69 Å². The molecule has 0 heterocycles. The second kappa shape index (κ2) is 5.75. The molecule has 0 saturated carbocycles. The van der Waals surface area contributed by atoms with Gasteiger partial charge in [0.2, 0.25) is 0 Å². The van der Waals surface area contributed by atoms with E-state index >= 15 is 0 Å². The third-order valence-electron chi connectivity index (χ3n) is 2.41. The number of nitrogens with zero attached hydrogens (tertiary/aromatic N) is 1. The molecule has 0 radical (unpaired) electrons. The Bertz CT molecular complexity index is 380. The molecule has 96 valence electrons. The van der Waals surface area contributed by atoms with E-state index in [9.17, 15) is 4.39 Å². The standard InChI is InChI=1S/C13H21FN2O/c1-5-6-16(4)12-8-13(17-9(2)3)10(14)7-11(12)15/h7-9H,5-6,15H2,1-4H3. The van der Waals surface area contributed by atoms with E-state index in [1.165, 1.54) is 6.07 Å². The SMILES string of the molecule is CCCN(C)c1cc(OC(C)C)c(F)cc1N. The van der Waals surface area contributed by atoms with Crippen LogP contribution in [-0.4, -0.2) is 19.7 Å². The number of hydrogen-bond acceptors (Lipinski definition) is 3. The highest BCUT2D eigenvalue weighted by molar-refractivity contribution is 5.69. The highest BCUT2D eigenvalue weighted by Gasteiger charge is 2.12. The van der Waals surface area contributed by atoms with Gasteiger partial charge in [0, 0.05) is 25.7 Å². The van der Waals surface area contributed by atoms with Crippen LogP contribution < -0.4 is 15.4 Å². The maximum absolute atomic E-state index is 13.6. The summed E-state index contributed by atoms with van der Waals surface area (Å²) >= 11 is 0. The topological polar surface area (TPSA) is 38.5 Å². The van der Waals surface area contributed by atoms with Crippen LogP contribution in [0.4, 0.5) is 15.8 Å². The molecule has 0 fully saturated rings. The van der Waals surface area contributed by atoms with Crippen molar-refractivity contribution in [3.8, 4) is 5.75 Å². The van der Waals surface area contributed by atoms with Gasteiger partial charge in [-0.2, -0.15) is 0 Å². The second-order valence-corrected chi connectivity index (χ2v) is 4.43. The van der Waals surface area contributed by atoms with E-state index in [-0.39, 0.29) is 11.9 Å². The van der Waals surface area contributed by atoms with Crippen LogP contribution >= 0.6 is 0 Å². The Morgan fingerprint density at radius 1 is 1.41 bits per heavy atom. The van der Waals surface area contributed by atoms with Crippen LogP contribution in [0.3, 0.4) is 0 Å². The van der Waals surface area contributed by atoms with Crippen LogP contribution in [0, 0.1) is 5.82 Å². The van der Waals surface area contributed by atoms with Crippen molar-refractivity contribution in [2.24, 2.45) is 0 Å². The molecule has 1 rings (SSSR count). The molecule has 0 atom stereocenters. The average molecular weight is 240 g/mol. The van der Waals surface area contributed by atoms with Crippen LogP contribution in [0.5, 0.6) is 5.75 Å². The maximum atomic E-state index is 13.6. The highest BCUT2D eigenvalue weighted by atomic mass is 19.1. The van der Waals surface area contributed by atoms with E-state index < -0.39 is 5.82 Å². The molecule has 0 aliphatic carbocycles. The molecule has 0 aliphatic heterocycles. The van der Waals surface area contributed by atoms with Crippen LogP contribution in [0.1, 0.15) is 27.2 Å². The lowest BCUT2D eigenvalue weighted by molar-refractivity contribution is 0.231. The third-order valence-corrected chi connectivity index (χ3v) is 2.41. The zero-order valence-electron chi connectivity index (χ0n) is 11.0. The Morgan fingerprint density at radius 3 is 2.59 bits per heavy atom. The zero-order valence-corrected chi connectivity index (χ0v) is 11.0. The molecular weight excluding hydrogens is 219 g/mol. The fraction of sp³-hybridized carbons (Fsp3) is 0.538. The van der Waals surface area contributed by atoms with Gasteiger partial charge in [-0.25, -0.2) is 4.39 Å². The molecule has 2 N–H and O–H groups in total. The van der Waals surface area contributed by atoms with E-state index in [0.717, 1.165) is 18.7 Å². The first-order valence-corrected chi connectivity index (χ1v) is 5.92. The molecule has 17 heavy (non-hydrogen) atoms. The van der Waals surface area contributed by atoms with Crippen LogP contribution in [0.15, 0.2) is 12.1 Å². The smallest absolute Gasteiger partial charge is 0.167 e. The monoisotopic (exact) mass is 240 g/mol. The first-order chi connectivity index (χ1) is 7.95. The number of benzene rings is 1. The van der Waals surface area contributed by atoms with Crippen LogP contribution in [-0.2, 0) is 0 Å². The van der Waals surface area contributed by atoms with Gasteiger partial charge in [0.15, 0.2) is 11.6 Å². The fourth-order valence-electron chi connectivity index (χ4n) is 1.69. The van der Waals surface area contributed by atoms with Crippen molar-refractivity contribution in [3.63, 3.8) is 0 Å². The third kappa shape index (κ3) is 3.51. The fourth-order valence-corrected chi connectivity index (χ4v) is 1.69. The summed E-state index contributed by atoms with van der Waals surface area (Å²) in [6.07, 6.45) is 0.950. The molecule has 0 aromatic heterocycles. The van der Waals surface area contributed by atoms with Gasteiger partial charge in [0.1, 0.15) is 0 Å². The summed E-state index contributed by atoms with van der Waals surface area (Å²) in [4.78, 5) is 2.00. The predicted molar refractivity (Wildman–Crippen MR) is 70.1 cm³/mol. The summed E-state index contributed by atoms with van der Waals surface area (Å²) < 4.78 is 19.0. The van der Waals surface area contributed by atoms with Crippen LogP contribution in [0.2, 0.25) is 0 Å². The lowest BCUT2D eigenvalue weighted by Gasteiger charge is -2.22. The molecule has 0 spiro atoms. The summed E-state index contributed by atoms with van der Waals surface area (Å²) in [5.41, 5.74) is 7.06. The summed E-state index contributed by atoms with van der Waals surface area (Å²) in [7, 11) is 1.94. The van der Waals surface area contributed by atoms with Gasteiger partial charge in [-0.15, -0.1) is 0 Å². The predicted octanol–water partition coefficient (Wildman–Crippen LogP) is 3.04. The van der Waals surface area contributed by atoms with Gasteiger partial charge >= 0.3 is 0 Å². The lowest BCUT2D eigenvalue weighted by Crippen LogP contribution is -2.19. The number of nitrogens with two attached hydrogens (primary N) is 1. The van der Waals surface area contributed by atoms with Gasteiger partial charge in [-0.05, 0) is 20.3 Å². The van der Waals surface area contributed by atoms with Gasteiger partial charge < -0.3 is 15.4 Å². The number of rotatable bonds is 5. The summed E-state index contributed by atoms with van der Waals surface area (Å²) in [6, 6.07) is 2.99. The molecule has 0 aliphatic rings. The van der Waals surface area contributed by atoms with Gasteiger partial charge in [-0.1, -0.05) is 6.92 Å². The molecule has 0 amide bonds. The summed E-state index contributed by atoms with van der Waals surface area (Å²) in [5.74, 6) is -0.156. The molecule has 4 heteroatoms. The van der Waals surface area contributed by atoms with Gasteiger partial charge in [0.05, 0.1) is 17.5 Å². The Morgan fingerprint density at radius 2 is 2.06 bits per heavy atom. The largest absolute Gasteiger partial charge is 0.488 e. The maximum Gasteiger partial charge on any atom is 0.167 e. The quantitative estimate of drug-likeness (QED) is 0.804. The van der Waals surface area contributed by atoms with E-state index in [4.69, 9.17) is 10.5 Å². The molecule has 0 unspecified atom stereocenters. The molecule has 0 saturated heterocycles. The minimum absolute atomic E-state index is 0.0579. The van der Waals surface area contributed by atoms with Crippen molar-refractivity contribution < 1.29 is 9.13 Å². The lowest BCUT2D eigenvalue weighted by atomic mass is 10.2. The van der Waals surface area contributed by atoms with Gasteiger partial charge in [0.25, 0.3) is 0 Å². The number of hydrogen-bond donors (Lipinski definition) is 1. The molecule has 1 aromatic rings. The molecular formula is C13H21FN2O. The second-order valence-electron chi connectivity index (χ2n) is 4.43. The van der Waals surface area contributed by atoms with Crippen molar-refractivity contribution in [3.05, 3.63) is 17.9 Å². The Balaban J connectivity index is 3.05. The first kappa shape index (κ1) is 13.6. The normalized spacial score (nSPS) is 10.7. The van der Waals surface area contributed by atoms with E-state index in [1.54, 1.807) is 6.07 Å². The summed E-state index contributed by atoms with van der Waals surface area (Å²) in [5, 5.41) is 0. The highest BCUT2D eigenvalue weighted by Crippen LogP contribution is 2.31. The van der Waals surface area contributed by atoms with Crippen LogP contribution in [0.25, 0.3) is 0 Å². The van der Waals surface area contributed by atoms with Crippen molar-refractivity contribution in [2.75, 3.05) is 24.2 Å². The van der Waals surface area contributed by atoms with E-state index in [1.807, 2.05) is 25.8 Å². The number of halogens is 1. The van der Waals surface area contributed by atoms with E-state index in [2.05, 4.69) is 6.92 Å². The Kier molecular flexibility index (Phi) is 4.61. The van der Waals surface area contributed by atoms with Crippen molar-refractivity contribution in [1.82, 2.24) is 0 Å². The minimum Gasteiger partial charge on any atom is -0.488 e. The number of anilines is 2. The number of nitrogen functional groups attached to an aromatic ring is 1. The molecule has 3 nitrogen and oxygen atoms in total. The van der Waals surface area contributed by atoms with Gasteiger partial charge in [-0.3, -0.25) is 0 Å². The number of ether oxygens (including phenoxy) is 1. The van der Waals surface area contributed by atoms with Crippen molar-refractivity contribution >= 4 is 11.4 Å². The summed E-state index contributed by atoms with van der Waals surface area (Å²) in [6.45, 7) is 6.69. The van der Waals surface area contributed by atoms with Crippen molar-refractivity contribution in [1.29, 1.82) is 0 Å². The molecule has 1 aromatic carbocycles.